The second-order valence-corrected chi connectivity index (χ2v) is 6.29. The molecule has 2 rings (SSSR count). The van der Waals surface area contributed by atoms with Crippen molar-refractivity contribution in [1.29, 1.82) is 0 Å². The van der Waals surface area contributed by atoms with Crippen molar-refractivity contribution in [2.45, 2.75) is 19.8 Å². The fourth-order valence-electron chi connectivity index (χ4n) is 2.08. The van der Waals surface area contributed by atoms with Gasteiger partial charge in [-0.05, 0) is 48.9 Å². The van der Waals surface area contributed by atoms with Crippen LogP contribution in [-0.2, 0) is 9.59 Å². The number of amides is 2. The summed E-state index contributed by atoms with van der Waals surface area (Å²) >= 11 is 11.7. The second-order valence-electron chi connectivity index (χ2n) is 5.47. The summed E-state index contributed by atoms with van der Waals surface area (Å²) in [6.45, 7) is 2.48. The zero-order chi connectivity index (χ0) is 19.6. The van der Waals surface area contributed by atoms with Gasteiger partial charge in [-0.1, -0.05) is 29.3 Å². The van der Waals surface area contributed by atoms with Crippen molar-refractivity contribution in [3.63, 3.8) is 0 Å². The Hall–Kier alpha value is -2.57. The van der Waals surface area contributed by atoms with Crippen LogP contribution in [0.1, 0.15) is 25.3 Å². The van der Waals surface area contributed by atoms with Gasteiger partial charge in [-0.2, -0.15) is 5.10 Å². The van der Waals surface area contributed by atoms with Gasteiger partial charge in [0.1, 0.15) is 5.75 Å². The van der Waals surface area contributed by atoms with Crippen LogP contribution < -0.4 is 15.5 Å². The van der Waals surface area contributed by atoms with Crippen molar-refractivity contribution in [3.8, 4) is 5.75 Å². The summed E-state index contributed by atoms with van der Waals surface area (Å²) in [5.41, 5.74) is 3.70. The highest BCUT2D eigenvalue weighted by Gasteiger charge is 2.07. The van der Waals surface area contributed by atoms with Crippen molar-refractivity contribution in [3.05, 3.63) is 58.1 Å². The lowest BCUT2D eigenvalue weighted by molar-refractivity contribution is -0.124. The van der Waals surface area contributed by atoms with E-state index in [9.17, 15) is 9.59 Å². The number of ether oxygens (including phenoxy) is 1. The predicted molar refractivity (Wildman–Crippen MR) is 108 cm³/mol. The molecule has 6 nitrogen and oxygen atoms in total. The molecule has 0 aliphatic carbocycles. The molecule has 2 amide bonds. The van der Waals surface area contributed by atoms with Gasteiger partial charge in [0.05, 0.1) is 22.9 Å². The molecule has 27 heavy (non-hydrogen) atoms. The van der Waals surface area contributed by atoms with Crippen LogP contribution in [0.3, 0.4) is 0 Å². The fourth-order valence-corrected chi connectivity index (χ4v) is 2.39. The molecule has 0 aromatic heterocycles. The lowest BCUT2D eigenvalue weighted by atomic mass is 10.2. The molecule has 8 heteroatoms. The number of carbonyl (C=O) groups excluding carboxylic acids is 2. The van der Waals surface area contributed by atoms with Crippen LogP contribution in [0, 0.1) is 0 Å². The molecule has 0 bridgehead atoms. The van der Waals surface area contributed by atoms with Crippen molar-refractivity contribution in [2.24, 2.45) is 5.10 Å². The van der Waals surface area contributed by atoms with E-state index in [4.69, 9.17) is 27.9 Å². The molecule has 0 aliphatic heterocycles. The van der Waals surface area contributed by atoms with Crippen LogP contribution in [0.4, 0.5) is 5.69 Å². The van der Waals surface area contributed by atoms with Gasteiger partial charge in [-0.3, -0.25) is 9.59 Å². The maximum Gasteiger partial charge on any atom is 0.240 e. The Morgan fingerprint density at radius 2 is 1.74 bits per heavy atom. The number of carbonyl (C=O) groups is 2. The molecule has 2 aromatic rings. The zero-order valence-electron chi connectivity index (χ0n) is 14.7. The van der Waals surface area contributed by atoms with Gasteiger partial charge in [0.25, 0.3) is 0 Å². The number of rotatable bonds is 8. The van der Waals surface area contributed by atoms with E-state index >= 15 is 0 Å². The SMILES string of the molecule is CCOc1ccc(NC(=O)CCC(=O)NN=Cc2ccc(Cl)c(Cl)c2)cc1. The van der Waals surface area contributed by atoms with Gasteiger partial charge in [0.15, 0.2) is 0 Å². The zero-order valence-corrected chi connectivity index (χ0v) is 16.2. The molecule has 0 spiro atoms. The van der Waals surface area contributed by atoms with Crippen molar-refractivity contribution < 1.29 is 14.3 Å². The third-order valence-corrected chi connectivity index (χ3v) is 4.11. The van der Waals surface area contributed by atoms with Gasteiger partial charge in [0.2, 0.25) is 11.8 Å². The topological polar surface area (TPSA) is 79.8 Å². The van der Waals surface area contributed by atoms with Crippen molar-refractivity contribution in [1.82, 2.24) is 5.43 Å². The number of hydrogen-bond acceptors (Lipinski definition) is 4. The van der Waals surface area contributed by atoms with Crippen molar-refractivity contribution >= 4 is 46.9 Å². The highest BCUT2D eigenvalue weighted by Crippen LogP contribution is 2.21. The summed E-state index contributed by atoms with van der Waals surface area (Å²) in [5, 5.41) is 7.39. The summed E-state index contributed by atoms with van der Waals surface area (Å²) in [4.78, 5) is 23.7. The molecule has 0 saturated carbocycles. The minimum Gasteiger partial charge on any atom is -0.494 e. The molecule has 0 saturated heterocycles. The largest absolute Gasteiger partial charge is 0.494 e. The molecule has 2 N–H and O–H groups in total. The molecular weight excluding hydrogens is 389 g/mol. The first-order chi connectivity index (χ1) is 13.0. The third kappa shape index (κ3) is 7.29. The van der Waals surface area contributed by atoms with Crippen LogP contribution >= 0.6 is 23.2 Å². The van der Waals surface area contributed by atoms with E-state index in [1.165, 1.54) is 6.21 Å². The van der Waals surface area contributed by atoms with E-state index in [1.807, 2.05) is 6.92 Å². The lowest BCUT2D eigenvalue weighted by Gasteiger charge is -2.07. The van der Waals surface area contributed by atoms with Gasteiger partial charge in [-0.25, -0.2) is 5.43 Å². The molecule has 0 unspecified atom stereocenters. The second kappa shape index (κ2) is 10.5. The molecule has 0 fully saturated rings. The van der Waals surface area contributed by atoms with Gasteiger partial charge < -0.3 is 10.1 Å². The van der Waals surface area contributed by atoms with E-state index in [0.29, 0.717) is 27.9 Å². The summed E-state index contributed by atoms with van der Waals surface area (Å²) in [5.74, 6) is 0.102. The van der Waals surface area contributed by atoms with Crippen LogP contribution in [0.2, 0.25) is 10.0 Å². The Kier molecular flexibility index (Phi) is 8.10. The smallest absolute Gasteiger partial charge is 0.240 e. The number of nitrogens with one attached hydrogen (secondary N) is 2. The Balaban J connectivity index is 1.73. The van der Waals surface area contributed by atoms with Gasteiger partial charge >= 0.3 is 0 Å². The number of halogens is 2. The lowest BCUT2D eigenvalue weighted by Crippen LogP contribution is -2.20. The molecule has 2 aromatic carbocycles. The molecular formula is C19H19Cl2N3O3. The van der Waals surface area contributed by atoms with E-state index in [1.54, 1.807) is 42.5 Å². The first-order valence-electron chi connectivity index (χ1n) is 8.27. The number of hydrogen-bond donors (Lipinski definition) is 2. The molecule has 0 heterocycles. The van der Waals surface area contributed by atoms with Gasteiger partial charge in [-0.15, -0.1) is 0 Å². The molecule has 142 valence electrons. The van der Waals surface area contributed by atoms with E-state index < -0.39 is 0 Å². The molecule has 0 aliphatic rings. The monoisotopic (exact) mass is 407 g/mol. The van der Waals surface area contributed by atoms with Crippen LogP contribution in [0.25, 0.3) is 0 Å². The summed E-state index contributed by atoms with van der Waals surface area (Å²) in [7, 11) is 0. The van der Waals surface area contributed by atoms with Gasteiger partial charge in [0, 0.05) is 18.5 Å². The first-order valence-corrected chi connectivity index (χ1v) is 9.03. The average molecular weight is 408 g/mol. The van der Waals surface area contributed by atoms with E-state index in [-0.39, 0.29) is 24.7 Å². The quantitative estimate of drug-likeness (QED) is 0.506. The minimum atomic E-state index is -0.367. The van der Waals surface area contributed by atoms with E-state index in [0.717, 1.165) is 5.75 Å². The maximum absolute atomic E-state index is 11.9. The summed E-state index contributed by atoms with van der Waals surface area (Å²) < 4.78 is 5.33. The number of nitrogens with zero attached hydrogens (tertiary/aromatic N) is 1. The Bertz CT molecular complexity index is 823. The Labute approximate surface area is 167 Å². The fraction of sp³-hybridized carbons (Fsp3) is 0.211. The Morgan fingerprint density at radius 1 is 1.04 bits per heavy atom. The number of benzene rings is 2. The highest BCUT2D eigenvalue weighted by molar-refractivity contribution is 6.42. The minimum absolute atomic E-state index is 0.0155. The number of anilines is 1. The normalized spacial score (nSPS) is 10.6. The maximum atomic E-state index is 11.9. The summed E-state index contributed by atoms with van der Waals surface area (Å²) in [6.07, 6.45) is 1.50. The molecule has 0 radical (unpaired) electrons. The third-order valence-electron chi connectivity index (χ3n) is 3.37. The predicted octanol–water partition coefficient (Wildman–Crippen LogP) is 4.26. The standard InChI is InChI=1S/C19H19Cl2N3O3/c1-2-27-15-6-4-14(5-7-15)23-18(25)9-10-19(26)24-22-12-13-3-8-16(20)17(21)11-13/h3-8,11-12H,2,9-10H2,1H3,(H,23,25)(H,24,26). The highest BCUT2D eigenvalue weighted by atomic mass is 35.5. The van der Waals surface area contributed by atoms with E-state index in [2.05, 4.69) is 15.8 Å². The average Bonchev–Trinajstić information content (AvgIpc) is 2.65. The summed E-state index contributed by atoms with van der Waals surface area (Å²) in [6, 6.07) is 12.0. The van der Waals surface area contributed by atoms with Crippen molar-refractivity contribution in [2.75, 3.05) is 11.9 Å². The van der Waals surface area contributed by atoms with Crippen LogP contribution in [-0.4, -0.2) is 24.6 Å². The first kappa shape index (κ1) is 20.7. The van der Waals surface area contributed by atoms with Crippen LogP contribution in [0.5, 0.6) is 5.75 Å². The number of hydrazone groups is 1. The Morgan fingerprint density at radius 3 is 2.41 bits per heavy atom. The molecule has 0 atom stereocenters. The van der Waals surface area contributed by atoms with Crippen LogP contribution in [0.15, 0.2) is 47.6 Å².